The highest BCUT2D eigenvalue weighted by Crippen LogP contribution is 2.05. The Morgan fingerprint density at radius 1 is 1.20 bits per heavy atom. The van der Waals surface area contributed by atoms with E-state index >= 15 is 0 Å². The minimum atomic E-state index is 0.830. The van der Waals surface area contributed by atoms with Gasteiger partial charge in [0.15, 0.2) is 0 Å². The molecule has 1 atom stereocenters. The number of unbranched alkanes of at least 4 members (excludes halogenated alkanes) is 1. The normalized spacial score (nSPS) is 13.8. The predicted molar refractivity (Wildman–Crippen MR) is 51.3 cm³/mol. The van der Waals surface area contributed by atoms with Gasteiger partial charge in [-0.05, 0) is 18.9 Å². The third-order valence-electron chi connectivity index (χ3n) is 1.95. The first-order valence-electron chi connectivity index (χ1n) is 4.52. The molecule has 0 bridgehead atoms. The molecule has 0 aliphatic rings. The van der Waals surface area contributed by atoms with Gasteiger partial charge in [0.05, 0.1) is 10.4 Å². The molecule has 0 spiro atoms. The van der Waals surface area contributed by atoms with Crippen molar-refractivity contribution in [1.82, 2.24) is 4.98 Å². The third-order valence-corrected chi connectivity index (χ3v) is 2.77. The average molecular weight is 159 g/mol. The number of rotatable bonds is 6. The van der Waals surface area contributed by atoms with Gasteiger partial charge in [-0.3, -0.25) is 0 Å². The zero-order valence-corrected chi connectivity index (χ0v) is 9.61. The largest absolute Gasteiger partial charge is 0.343 e. The van der Waals surface area contributed by atoms with Crippen molar-refractivity contribution in [3.8, 4) is 0 Å². The van der Waals surface area contributed by atoms with Crippen molar-refractivity contribution in [2.24, 2.45) is 0 Å². The van der Waals surface area contributed by atoms with E-state index in [2.05, 4.69) is 18.8 Å². The molecule has 62 valence electrons. The van der Waals surface area contributed by atoms with Gasteiger partial charge in [-0.2, -0.15) is 0 Å². The summed E-state index contributed by atoms with van der Waals surface area (Å²) in [5.41, 5.74) is 0. The molecule has 0 heterocycles. The van der Waals surface area contributed by atoms with Crippen LogP contribution in [0.2, 0.25) is 0 Å². The van der Waals surface area contributed by atoms with Crippen LogP contribution in [0.4, 0.5) is 0 Å². The molecule has 0 aromatic rings. The summed E-state index contributed by atoms with van der Waals surface area (Å²) in [6, 6.07) is 0.830. The van der Waals surface area contributed by atoms with E-state index in [1.54, 1.807) is 0 Å². The highest BCUT2D eigenvalue weighted by molar-refractivity contribution is 6.04. The molecule has 0 saturated carbocycles. The molecule has 10 heavy (non-hydrogen) atoms. The summed E-state index contributed by atoms with van der Waals surface area (Å²) in [5, 5.41) is 0. The summed E-state index contributed by atoms with van der Waals surface area (Å²) in [7, 11) is 1.15. The molecule has 0 aliphatic carbocycles. The van der Waals surface area contributed by atoms with Gasteiger partial charge in [-0.25, -0.2) is 0 Å². The van der Waals surface area contributed by atoms with Gasteiger partial charge in [0, 0.05) is 0 Å². The second-order valence-corrected chi connectivity index (χ2v) is 3.49. The van der Waals surface area contributed by atoms with Gasteiger partial charge in [0.1, 0.15) is 0 Å². The lowest BCUT2D eigenvalue weighted by Crippen LogP contribution is -2.25. The van der Waals surface area contributed by atoms with Crippen LogP contribution >= 0.6 is 0 Å². The molecule has 1 N–H and O–H groups in total. The maximum absolute atomic E-state index is 3.48. The fraction of sp³-hybridized carbons (Fsp3) is 1.00. The van der Waals surface area contributed by atoms with Crippen LogP contribution < -0.4 is 4.98 Å². The molecule has 0 fully saturated rings. The van der Waals surface area contributed by atoms with E-state index in [4.69, 9.17) is 0 Å². The van der Waals surface area contributed by atoms with E-state index < -0.39 is 0 Å². The van der Waals surface area contributed by atoms with Crippen molar-refractivity contribution in [3.05, 3.63) is 0 Å². The van der Waals surface area contributed by atoms with Crippen LogP contribution in [0.1, 0.15) is 46.0 Å². The SMILES string of the molecule is CCCCC(CCC)N[SiH3]. The molecule has 0 aliphatic heterocycles. The summed E-state index contributed by atoms with van der Waals surface area (Å²) < 4.78 is 0. The molecular weight excluding hydrogens is 138 g/mol. The Balaban J connectivity index is 3.21. The average Bonchev–Trinajstić information content (AvgIpc) is 1.98. The van der Waals surface area contributed by atoms with E-state index in [1.165, 1.54) is 32.1 Å². The van der Waals surface area contributed by atoms with Gasteiger partial charge >= 0.3 is 0 Å². The van der Waals surface area contributed by atoms with Crippen LogP contribution in [0.3, 0.4) is 0 Å². The predicted octanol–water partition coefficient (Wildman–Crippen LogP) is 1.22. The molecule has 0 aromatic heterocycles. The summed E-state index contributed by atoms with van der Waals surface area (Å²) in [4.78, 5) is 3.48. The van der Waals surface area contributed by atoms with Crippen molar-refractivity contribution in [2.75, 3.05) is 0 Å². The van der Waals surface area contributed by atoms with Crippen LogP contribution in [0.5, 0.6) is 0 Å². The molecule has 0 saturated heterocycles. The van der Waals surface area contributed by atoms with Crippen LogP contribution in [0.15, 0.2) is 0 Å². The van der Waals surface area contributed by atoms with Crippen molar-refractivity contribution in [2.45, 2.75) is 52.0 Å². The summed E-state index contributed by atoms with van der Waals surface area (Å²) >= 11 is 0. The Kier molecular flexibility index (Phi) is 7.41. The summed E-state index contributed by atoms with van der Waals surface area (Å²) in [6.45, 7) is 4.52. The van der Waals surface area contributed by atoms with Gasteiger partial charge in [0.25, 0.3) is 0 Å². The molecule has 0 radical (unpaired) electrons. The molecule has 2 heteroatoms. The monoisotopic (exact) mass is 159 g/mol. The number of nitrogens with one attached hydrogen (secondary N) is 1. The first-order chi connectivity index (χ1) is 4.85. The Hall–Kier alpha value is 0.177. The van der Waals surface area contributed by atoms with Crippen molar-refractivity contribution in [3.63, 3.8) is 0 Å². The Morgan fingerprint density at radius 3 is 2.30 bits per heavy atom. The van der Waals surface area contributed by atoms with E-state index in [0.717, 1.165) is 16.4 Å². The van der Waals surface area contributed by atoms with E-state index in [9.17, 15) is 0 Å². The quantitative estimate of drug-likeness (QED) is 0.575. The van der Waals surface area contributed by atoms with Crippen LogP contribution in [-0.2, 0) is 0 Å². The lowest BCUT2D eigenvalue weighted by Gasteiger charge is -2.13. The summed E-state index contributed by atoms with van der Waals surface area (Å²) in [5.74, 6) is 0. The minimum Gasteiger partial charge on any atom is -0.343 e. The van der Waals surface area contributed by atoms with Crippen molar-refractivity contribution >= 4 is 10.4 Å². The van der Waals surface area contributed by atoms with E-state index in [0.29, 0.717) is 0 Å². The second-order valence-electron chi connectivity index (χ2n) is 2.92. The van der Waals surface area contributed by atoms with E-state index in [1.807, 2.05) is 0 Å². The first-order valence-corrected chi connectivity index (χ1v) is 5.52. The minimum absolute atomic E-state index is 0.830. The lowest BCUT2D eigenvalue weighted by atomic mass is 10.1. The zero-order valence-electron chi connectivity index (χ0n) is 7.61. The zero-order chi connectivity index (χ0) is 7.82. The van der Waals surface area contributed by atoms with Crippen molar-refractivity contribution < 1.29 is 0 Å². The van der Waals surface area contributed by atoms with E-state index in [-0.39, 0.29) is 0 Å². The first kappa shape index (κ1) is 10.2. The van der Waals surface area contributed by atoms with Crippen LogP contribution in [0, 0.1) is 0 Å². The highest BCUT2D eigenvalue weighted by atomic mass is 28.2. The fourth-order valence-corrected chi connectivity index (χ4v) is 1.81. The molecule has 1 unspecified atom stereocenters. The molecule has 0 amide bonds. The number of hydrogen-bond acceptors (Lipinski definition) is 1. The fourth-order valence-electron chi connectivity index (χ4n) is 1.23. The van der Waals surface area contributed by atoms with Crippen LogP contribution in [-0.4, -0.2) is 16.4 Å². The van der Waals surface area contributed by atoms with Crippen molar-refractivity contribution in [1.29, 1.82) is 0 Å². The Labute approximate surface area is 68.1 Å². The molecular formula is C8H21NSi. The lowest BCUT2D eigenvalue weighted by molar-refractivity contribution is 0.505. The third kappa shape index (κ3) is 5.00. The number of hydrogen-bond donors (Lipinski definition) is 1. The smallest absolute Gasteiger partial charge is 0.0752 e. The maximum atomic E-state index is 3.48. The standard InChI is InChI=1S/C8H21NSi/c1-3-5-7-8(9-10)6-4-2/h8-9H,3-7H2,1-2,10H3. The highest BCUT2D eigenvalue weighted by Gasteiger charge is 2.01. The molecule has 0 rings (SSSR count). The maximum Gasteiger partial charge on any atom is 0.0752 e. The Morgan fingerprint density at radius 2 is 1.90 bits per heavy atom. The summed E-state index contributed by atoms with van der Waals surface area (Å²) in [6.07, 6.45) is 6.80. The van der Waals surface area contributed by atoms with Gasteiger partial charge in [-0.1, -0.05) is 33.1 Å². The second kappa shape index (κ2) is 7.29. The van der Waals surface area contributed by atoms with Gasteiger partial charge in [-0.15, -0.1) is 0 Å². The molecule has 0 aromatic carbocycles. The van der Waals surface area contributed by atoms with Gasteiger partial charge < -0.3 is 4.98 Å². The molecule has 1 nitrogen and oxygen atoms in total. The van der Waals surface area contributed by atoms with Gasteiger partial charge in [0.2, 0.25) is 0 Å². The topological polar surface area (TPSA) is 12.0 Å². The Bertz CT molecular complexity index is 66.3. The van der Waals surface area contributed by atoms with Crippen LogP contribution in [0.25, 0.3) is 0 Å².